The van der Waals surface area contributed by atoms with Gasteiger partial charge in [-0.1, -0.05) is 6.92 Å². The van der Waals surface area contributed by atoms with Crippen LogP contribution in [-0.4, -0.2) is 35.8 Å². The quantitative estimate of drug-likeness (QED) is 0.344. The summed E-state index contributed by atoms with van der Waals surface area (Å²) in [6.07, 6.45) is 0.606. The highest BCUT2D eigenvalue weighted by molar-refractivity contribution is 7.99. The van der Waals surface area contributed by atoms with Crippen LogP contribution in [0.25, 0.3) is 0 Å². The Balaban J connectivity index is 2.57. The first-order valence-corrected chi connectivity index (χ1v) is 7.62. The van der Waals surface area contributed by atoms with Crippen molar-refractivity contribution < 1.29 is 14.5 Å². The predicted octanol–water partition coefficient (Wildman–Crippen LogP) is 2.62. The third-order valence-electron chi connectivity index (χ3n) is 3.12. The molecule has 1 rings (SSSR count). The molecule has 0 fully saturated rings. The van der Waals surface area contributed by atoms with Gasteiger partial charge in [-0.25, -0.2) is 0 Å². The van der Waals surface area contributed by atoms with Crippen LogP contribution >= 0.6 is 11.8 Å². The fourth-order valence-electron chi connectivity index (χ4n) is 1.92. The molecule has 0 aliphatic heterocycles. The second-order valence-electron chi connectivity index (χ2n) is 4.70. The first-order valence-electron chi connectivity index (χ1n) is 6.63. The summed E-state index contributed by atoms with van der Waals surface area (Å²) in [5.41, 5.74) is -0.636. The molecule has 21 heavy (non-hydrogen) atoms. The molecule has 7 heteroatoms. The summed E-state index contributed by atoms with van der Waals surface area (Å²) in [6, 6.07) is 6.38. The summed E-state index contributed by atoms with van der Waals surface area (Å²) >= 11 is 1.55. The van der Waals surface area contributed by atoms with Crippen molar-refractivity contribution in [1.29, 1.82) is 0 Å². The van der Waals surface area contributed by atoms with Crippen molar-refractivity contribution in [2.45, 2.75) is 30.7 Å². The zero-order chi connectivity index (χ0) is 15.9. The second kappa shape index (κ2) is 7.99. The summed E-state index contributed by atoms with van der Waals surface area (Å²) in [4.78, 5) is 22.9. The van der Waals surface area contributed by atoms with Crippen molar-refractivity contribution in [3.63, 3.8) is 0 Å². The summed E-state index contributed by atoms with van der Waals surface area (Å²) in [5, 5.41) is 13.7. The predicted molar refractivity (Wildman–Crippen MR) is 82.5 cm³/mol. The number of nitrogens with one attached hydrogen (secondary N) is 1. The lowest BCUT2D eigenvalue weighted by atomic mass is 9.99. The number of methoxy groups -OCH3 is 1. The standard InChI is InChI=1S/C14H20N2O4S/c1-4-15-14(2,13(17)20-3)9-10-21-12-7-5-11(6-8-12)16(18)19/h5-8,15H,4,9-10H2,1-3H3. The highest BCUT2D eigenvalue weighted by atomic mass is 32.2. The molecule has 1 atom stereocenters. The van der Waals surface area contributed by atoms with E-state index in [1.807, 2.05) is 13.8 Å². The molecule has 6 nitrogen and oxygen atoms in total. The number of benzene rings is 1. The van der Waals surface area contributed by atoms with E-state index in [1.54, 1.807) is 23.9 Å². The average molecular weight is 312 g/mol. The molecule has 0 aromatic heterocycles. The van der Waals surface area contributed by atoms with E-state index in [0.29, 0.717) is 18.7 Å². The number of esters is 1. The van der Waals surface area contributed by atoms with Crippen LogP contribution in [0.2, 0.25) is 0 Å². The minimum Gasteiger partial charge on any atom is -0.468 e. The number of nitro groups is 1. The summed E-state index contributed by atoms with van der Waals surface area (Å²) in [7, 11) is 1.38. The molecule has 1 aromatic carbocycles. The van der Waals surface area contributed by atoms with Crippen molar-refractivity contribution in [3.8, 4) is 0 Å². The molecule has 0 bridgehead atoms. The van der Waals surface area contributed by atoms with E-state index in [4.69, 9.17) is 4.74 Å². The Bertz CT molecular complexity index is 492. The Hall–Kier alpha value is -1.60. The van der Waals surface area contributed by atoms with Gasteiger partial charge in [0.05, 0.1) is 12.0 Å². The number of nitro benzene ring substituents is 1. The minimum absolute atomic E-state index is 0.0754. The minimum atomic E-state index is -0.711. The molecule has 0 heterocycles. The van der Waals surface area contributed by atoms with Crippen LogP contribution in [0.3, 0.4) is 0 Å². The molecule has 1 N–H and O–H groups in total. The van der Waals surface area contributed by atoms with E-state index in [1.165, 1.54) is 19.2 Å². The third-order valence-corrected chi connectivity index (χ3v) is 4.13. The Labute approximate surface area is 128 Å². The van der Waals surface area contributed by atoms with Gasteiger partial charge in [-0.2, -0.15) is 0 Å². The first-order chi connectivity index (χ1) is 9.92. The summed E-state index contributed by atoms with van der Waals surface area (Å²) < 4.78 is 4.83. The molecule has 0 aliphatic rings. The van der Waals surface area contributed by atoms with E-state index in [9.17, 15) is 14.9 Å². The lowest BCUT2D eigenvalue weighted by molar-refractivity contribution is -0.384. The summed E-state index contributed by atoms with van der Waals surface area (Å²) in [6.45, 7) is 4.43. The molecule has 1 unspecified atom stereocenters. The number of likely N-dealkylation sites (N-methyl/N-ethyl adjacent to an activating group) is 1. The first kappa shape index (κ1) is 17.5. The third kappa shape index (κ3) is 5.02. The number of non-ortho nitro benzene ring substituents is 1. The lowest BCUT2D eigenvalue weighted by Crippen LogP contribution is -2.50. The van der Waals surface area contributed by atoms with Crippen LogP contribution in [0.15, 0.2) is 29.2 Å². The number of hydrogen-bond acceptors (Lipinski definition) is 6. The van der Waals surface area contributed by atoms with Gasteiger partial charge >= 0.3 is 5.97 Å². The van der Waals surface area contributed by atoms with Gasteiger partial charge in [-0.05, 0) is 32.0 Å². The van der Waals surface area contributed by atoms with Gasteiger partial charge in [0.15, 0.2) is 0 Å². The van der Waals surface area contributed by atoms with Crippen molar-refractivity contribution in [3.05, 3.63) is 34.4 Å². The topological polar surface area (TPSA) is 81.5 Å². The van der Waals surface area contributed by atoms with E-state index in [-0.39, 0.29) is 11.7 Å². The second-order valence-corrected chi connectivity index (χ2v) is 5.87. The molecule has 0 saturated heterocycles. The number of thioether (sulfide) groups is 1. The van der Waals surface area contributed by atoms with Crippen LogP contribution in [0.1, 0.15) is 20.3 Å². The molecule has 0 amide bonds. The monoisotopic (exact) mass is 312 g/mol. The number of carbonyl (C=O) groups is 1. The van der Waals surface area contributed by atoms with Gasteiger partial charge in [0, 0.05) is 22.8 Å². The molecule has 0 spiro atoms. The Morgan fingerprint density at radius 3 is 2.52 bits per heavy atom. The lowest BCUT2D eigenvalue weighted by Gasteiger charge is -2.27. The molecular formula is C14H20N2O4S. The molecule has 0 aliphatic carbocycles. The zero-order valence-electron chi connectivity index (χ0n) is 12.4. The van der Waals surface area contributed by atoms with Gasteiger partial charge in [0.1, 0.15) is 5.54 Å². The molecule has 0 saturated carbocycles. The fraction of sp³-hybridized carbons (Fsp3) is 0.500. The average Bonchev–Trinajstić information content (AvgIpc) is 2.47. The van der Waals surface area contributed by atoms with Gasteiger partial charge in [0.25, 0.3) is 5.69 Å². The van der Waals surface area contributed by atoms with E-state index >= 15 is 0 Å². The van der Waals surface area contributed by atoms with Gasteiger partial charge in [-0.15, -0.1) is 11.8 Å². The number of nitrogens with zero attached hydrogens (tertiary/aromatic N) is 1. The fourth-order valence-corrected chi connectivity index (χ4v) is 2.99. The number of carbonyl (C=O) groups excluding carboxylic acids is 1. The molecule has 116 valence electrons. The van der Waals surface area contributed by atoms with Crippen molar-refractivity contribution >= 4 is 23.4 Å². The van der Waals surface area contributed by atoms with Crippen LogP contribution < -0.4 is 5.32 Å². The van der Waals surface area contributed by atoms with E-state index in [2.05, 4.69) is 5.32 Å². The molecule has 1 aromatic rings. The number of hydrogen-bond donors (Lipinski definition) is 1. The van der Waals surface area contributed by atoms with Crippen molar-refractivity contribution in [2.24, 2.45) is 0 Å². The molecular weight excluding hydrogens is 292 g/mol. The smallest absolute Gasteiger partial charge is 0.325 e. The highest BCUT2D eigenvalue weighted by Gasteiger charge is 2.32. The van der Waals surface area contributed by atoms with Crippen LogP contribution in [-0.2, 0) is 9.53 Å². The van der Waals surface area contributed by atoms with E-state index in [0.717, 1.165) is 4.90 Å². The van der Waals surface area contributed by atoms with Crippen LogP contribution in [0, 0.1) is 10.1 Å². The van der Waals surface area contributed by atoms with Gasteiger partial charge < -0.3 is 10.1 Å². The van der Waals surface area contributed by atoms with Crippen molar-refractivity contribution in [2.75, 3.05) is 19.4 Å². The van der Waals surface area contributed by atoms with Crippen LogP contribution in [0.5, 0.6) is 0 Å². The van der Waals surface area contributed by atoms with Gasteiger partial charge in [-0.3, -0.25) is 14.9 Å². The molecule has 0 radical (unpaired) electrons. The Morgan fingerprint density at radius 1 is 1.43 bits per heavy atom. The Morgan fingerprint density at radius 2 is 2.05 bits per heavy atom. The van der Waals surface area contributed by atoms with Crippen LogP contribution in [0.4, 0.5) is 5.69 Å². The zero-order valence-corrected chi connectivity index (χ0v) is 13.2. The number of rotatable bonds is 8. The maximum absolute atomic E-state index is 11.8. The number of ether oxygens (including phenoxy) is 1. The maximum Gasteiger partial charge on any atom is 0.325 e. The van der Waals surface area contributed by atoms with E-state index < -0.39 is 10.5 Å². The SMILES string of the molecule is CCNC(C)(CCSc1ccc([N+](=O)[O-])cc1)C(=O)OC. The largest absolute Gasteiger partial charge is 0.468 e. The normalized spacial score (nSPS) is 13.5. The Kier molecular flexibility index (Phi) is 6.64. The van der Waals surface area contributed by atoms with Crippen molar-refractivity contribution in [1.82, 2.24) is 5.32 Å². The van der Waals surface area contributed by atoms with Gasteiger partial charge in [0.2, 0.25) is 0 Å². The highest BCUT2D eigenvalue weighted by Crippen LogP contribution is 2.24. The maximum atomic E-state index is 11.8. The summed E-state index contributed by atoms with van der Waals surface area (Å²) in [5.74, 6) is 0.421.